The van der Waals surface area contributed by atoms with Gasteiger partial charge in [-0.3, -0.25) is 14.5 Å². The van der Waals surface area contributed by atoms with Crippen molar-refractivity contribution in [2.45, 2.75) is 37.8 Å². The number of carbonyl (C=O) groups excluding carboxylic acids is 1. The van der Waals surface area contributed by atoms with Crippen molar-refractivity contribution >= 4 is 17.2 Å². The average molecular weight is 442 g/mol. The molecule has 1 aliphatic carbocycles. The minimum absolute atomic E-state index is 0.0814. The fourth-order valence-electron chi connectivity index (χ4n) is 3.77. The largest absolute Gasteiger partial charge is 0.382 e. The molecule has 4 rings (SSSR count). The molecule has 1 saturated carbocycles. The van der Waals surface area contributed by atoms with Crippen LogP contribution in [0.4, 0.5) is 0 Å². The Labute approximate surface area is 185 Å². The quantitative estimate of drug-likeness (QED) is 0.539. The summed E-state index contributed by atoms with van der Waals surface area (Å²) in [6.07, 6.45) is 9.37. The molecule has 0 radical (unpaired) electrons. The van der Waals surface area contributed by atoms with Gasteiger partial charge < -0.3 is 14.8 Å². The van der Waals surface area contributed by atoms with Gasteiger partial charge in [0.2, 0.25) is 0 Å². The van der Waals surface area contributed by atoms with Crippen molar-refractivity contribution in [3.63, 3.8) is 0 Å². The highest BCUT2D eigenvalue weighted by Crippen LogP contribution is 2.27. The summed E-state index contributed by atoms with van der Waals surface area (Å²) in [7, 11) is 3.54. The van der Waals surface area contributed by atoms with Crippen LogP contribution in [0, 0.1) is 0 Å². The smallest absolute Gasteiger partial charge is 0.251 e. The SMILES string of the molecule is COCCO[C@H]1CC[C@H](NC(=O)c2cc(-c3cnn(C)c3)nc(-c3cncs3)c2)CC1. The van der Waals surface area contributed by atoms with Crippen LogP contribution >= 0.6 is 11.3 Å². The first-order valence-electron chi connectivity index (χ1n) is 10.4. The van der Waals surface area contributed by atoms with Crippen molar-refractivity contribution in [3.05, 3.63) is 41.8 Å². The predicted octanol–water partition coefficient (Wildman–Crippen LogP) is 3.31. The van der Waals surface area contributed by atoms with Crippen molar-refractivity contribution in [2.24, 2.45) is 7.05 Å². The van der Waals surface area contributed by atoms with E-state index in [-0.39, 0.29) is 18.1 Å². The summed E-state index contributed by atoms with van der Waals surface area (Å²) in [6.45, 7) is 1.23. The third kappa shape index (κ3) is 5.55. The first-order chi connectivity index (χ1) is 15.1. The number of aromatic nitrogens is 4. The summed E-state index contributed by atoms with van der Waals surface area (Å²) >= 11 is 1.50. The first-order valence-corrected chi connectivity index (χ1v) is 11.3. The zero-order chi connectivity index (χ0) is 21.6. The number of thiazole rings is 1. The molecular formula is C22H27N5O3S. The molecule has 0 bridgehead atoms. The lowest BCUT2D eigenvalue weighted by atomic mass is 9.92. The van der Waals surface area contributed by atoms with Crippen molar-refractivity contribution < 1.29 is 14.3 Å². The highest BCUT2D eigenvalue weighted by atomic mass is 32.1. The normalized spacial score (nSPS) is 18.8. The van der Waals surface area contributed by atoms with E-state index >= 15 is 0 Å². The second-order valence-electron chi connectivity index (χ2n) is 7.71. The molecule has 3 aromatic heterocycles. The lowest BCUT2D eigenvalue weighted by Gasteiger charge is -2.29. The Hall–Kier alpha value is -2.62. The number of nitrogens with one attached hydrogen (secondary N) is 1. The molecule has 9 heteroatoms. The van der Waals surface area contributed by atoms with Crippen LogP contribution in [0.3, 0.4) is 0 Å². The number of hydrogen-bond acceptors (Lipinski definition) is 7. The fourth-order valence-corrected chi connectivity index (χ4v) is 4.35. The van der Waals surface area contributed by atoms with Gasteiger partial charge in [-0.05, 0) is 37.8 Å². The third-order valence-electron chi connectivity index (χ3n) is 5.42. The van der Waals surface area contributed by atoms with Crippen LogP contribution in [0.1, 0.15) is 36.0 Å². The van der Waals surface area contributed by atoms with E-state index in [1.54, 1.807) is 29.7 Å². The van der Waals surface area contributed by atoms with E-state index in [9.17, 15) is 4.79 Å². The Balaban J connectivity index is 1.47. The van der Waals surface area contributed by atoms with Crippen LogP contribution in [0.5, 0.6) is 0 Å². The number of carbonyl (C=O) groups is 1. The van der Waals surface area contributed by atoms with E-state index in [0.717, 1.165) is 47.5 Å². The summed E-state index contributed by atoms with van der Waals surface area (Å²) in [5.74, 6) is -0.0814. The van der Waals surface area contributed by atoms with Crippen molar-refractivity contribution in [1.29, 1.82) is 0 Å². The molecule has 164 valence electrons. The van der Waals surface area contributed by atoms with E-state index in [4.69, 9.17) is 14.5 Å². The maximum absolute atomic E-state index is 13.1. The Morgan fingerprint density at radius 1 is 1.19 bits per heavy atom. The maximum Gasteiger partial charge on any atom is 0.251 e. The maximum atomic E-state index is 13.1. The van der Waals surface area contributed by atoms with Crippen molar-refractivity contribution in [1.82, 2.24) is 25.1 Å². The number of methoxy groups -OCH3 is 1. The van der Waals surface area contributed by atoms with Crippen molar-refractivity contribution in [3.8, 4) is 21.8 Å². The highest BCUT2D eigenvalue weighted by Gasteiger charge is 2.24. The van der Waals surface area contributed by atoms with Gasteiger partial charge in [0.1, 0.15) is 0 Å². The topological polar surface area (TPSA) is 91.2 Å². The van der Waals surface area contributed by atoms with Crippen LogP contribution in [0.15, 0.2) is 36.2 Å². The number of aryl methyl sites for hydroxylation is 1. The van der Waals surface area contributed by atoms with Gasteiger partial charge in [0.05, 0.1) is 47.3 Å². The zero-order valence-electron chi connectivity index (χ0n) is 17.8. The summed E-state index contributed by atoms with van der Waals surface area (Å²) in [5, 5.41) is 7.43. The first kappa shape index (κ1) is 21.6. The van der Waals surface area contributed by atoms with E-state index in [0.29, 0.717) is 18.8 Å². The van der Waals surface area contributed by atoms with Gasteiger partial charge in [0, 0.05) is 43.7 Å². The summed E-state index contributed by atoms with van der Waals surface area (Å²) < 4.78 is 12.6. The lowest BCUT2D eigenvalue weighted by molar-refractivity contribution is -0.00408. The molecular weight excluding hydrogens is 414 g/mol. The van der Waals surface area contributed by atoms with Crippen LogP contribution < -0.4 is 5.32 Å². The highest BCUT2D eigenvalue weighted by molar-refractivity contribution is 7.13. The number of amides is 1. The van der Waals surface area contributed by atoms with Gasteiger partial charge in [-0.15, -0.1) is 11.3 Å². The number of ether oxygens (including phenoxy) is 2. The number of pyridine rings is 1. The average Bonchev–Trinajstić information content (AvgIpc) is 3.47. The Kier molecular flexibility index (Phi) is 7.06. The number of rotatable bonds is 8. The minimum Gasteiger partial charge on any atom is -0.382 e. The van der Waals surface area contributed by atoms with Crippen LogP contribution in [-0.2, 0) is 16.5 Å². The lowest BCUT2D eigenvalue weighted by Crippen LogP contribution is -2.39. The van der Waals surface area contributed by atoms with Crippen LogP contribution in [0.2, 0.25) is 0 Å². The number of nitrogens with zero attached hydrogens (tertiary/aromatic N) is 4. The molecule has 0 atom stereocenters. The molecule has 31 heavy (non-hydrogen) atoms. The zero-order valence-corrected chi connectivity index (χ0v) is 18.6. The molecule has 8 nitrogen and oxygen atoms in total. The summed E-state index contributed by atoms with van der Waals surface area (Å²) in [5.41, 5.74) is 4.69. The third-order valence-corrected chi connectivity index (χ3v) is 6.22. The van der Waals surface area contributed by atoms with E-state index < -0.39 is 0 Å². The molecule has 0 spiro atoms. The Morgan fingerprint density at radius 3 is 2.68 bits per heavy atom. The Bertz CT molecular complexity index is 997. The molecule has 0 aromatic carbocycles. The summed E-state index contributed by atoms with van der Waals surface area (Å²) in [4.78, 5) is 22.9. The van der Waals surface area contributed by atoms with Gasteiger partial charge in [-0.1, -0.05) is 0 Å². The number of hydrogen-bond donors (Lipinski definition) is 1. The molecule has 1 amide bonds. The predicted molar refractivity (Wildman–Crippen MR) is 119 cm³/mol. The van der Waals surface area contributed by atoms with Crippen LogP contribution in [-0.4, -0.2) is 58.1 Å². The second-order valence-corrected chi connectivity index (χ2v) is 8.59. The molecule has 0 aliphatic heterocycles. The van der Waals surface area contributed by atoms with E-state index in [1.807, 2.05) is 25.4 Å². The molecule has 3 heterocycles. The van der Waals surface area contributed by atoms with E-state index in [1.165, 1.54) is 11.3 Å². The van der Waals surface area contributed by atoms with Gasteiger partial charge in [0.15, 0.2) is 0 Å². The molecule has 1 fully saturated rings. The fraction of sp³-hybridized carbons (Fsp3) is 0.455. The molecule has 0 saturated heterocycles. The second kappa shape index (κ2) is 10.1. The molecule has 0 unspecified atom stereocenters. The Morgan fingerprint density at radius 2 is 2.00 bits per heavy atom. The standard InChI is InChI=1S/C22H27N5O3S/c1-27-13-16(11-24-27)19-9-15(10-20(26-19)21-12-23-14-31-21)22(28)25-17-3-5-18(6-4-17)30-8-7-29-2/h9-14,17-18H,3-8H2,1-2H3,(H,25,28)/t17-,18-. The summed E-state index contributed by atoms with van der Waals surface area (Å²) in [6, 6.07) is 3.81. The van der Waals surface area contributed by atoms with Gasteiger partial charge in [-0.2, -0.15) is 5.10 Å². The molecule has 1 aliphatic rings. The van der Waals surface area contributed by atoms with Crippen LogP contribution in [0.25, 0.3) is 21.8 Å². The molecule has 3 aromatic rings. The van der Waals surface area contributed by atoms with Gasteiger partial charge in [-0.25, -0.2) is 4.98 Å². The van der Waals surface area contributed by atoms with Gasteiger partial charge in [0.25, 0.3) is 5.91 Å². The monoisotopic (exact) mass is 441 g/mol. The van der Waals surface area contributed by atoms with Gasteiger partial charge >= 0.3 is 0 Å². The minimum atomic E-state index is -0.0814. The van der Waals surface area contributed by atoms with Crippen molar-refractivity contribution in [2.75, 3.05) is 20.3 Å². The molecule has 1 N–H and O–H groups in total. The van der Waals surface area contributed by atoms with E-state index in [2.05, 4.69) is 15.4 Å².